The van der Waals surface area contributed by atoms with Crippen molar-refractivity contribution in [3.05, 3.63) is 65.7 Å². The van der Waals surface area contributed by atoms with Gasteiger partial charge in [-0.1, -0.05) is 111 Å². The monoisotopic (exact) mass is 1860 g/mol. The quantitative estimate of drug-likeness (QED) is 0.0145. The normalized spacial score (nSPS) is 20.3. The van der Waals surface area contributed by atoms with Gasteiger partial charge in [0.25, 0.3) is 0 Å². The third-order valence-corrected chi connectivity index (χ3v) is 27.0. The summed E-state index contributed by atoms with van der Waals surface area (Å²) in [5.41, 5.74) is 6.81. The number of ether oxygens (including phenoxy) is 7. The van der Waals surface area contributed by atoms with Crippen LogP contribution in [0.2, 0.25) is 0 Å². The molecule has 0 bridgehead atoms. The van der Waals surface area contributed by atoms with Crippen molar-refractivity contribution < 1.29 is 125 Å². The number of nitrogens with zero attached hydrogens (tertiary/aromatic N) is 4. The van der Waals surface area contributed by atoms with E-state index in [2.05, 4.69) is 66.2 Å². The Morgan fingerprint density at radius 3 is 1.77 bits per heavy atom. The second-order valence-electron chi connectivity index (χ2n) is 33.7. The summed E-state index contributed by atoms with van der Waals surface area (Å²) < 4.78 is 45.8. The second-order valence-corrected chi connectivity index (χ2v) is 36.1. The second kappa shape index (κ2) is 52.3. The number of methoxy groups -OCH3 is 2. The Morgan fingerprint density at radius 1 is 0.592 bits per heavy atom. The van der Waals surface area contributed by atoms with Gasteiger partial charge in [-0.05, 0) is 103 Å². The minimum Gasteiger partial charge on any atom is -0.0603 e. The molecule has 5 aliphatic rings. The number of alkyl halides is 1. The van der Waals surface area contributed by atoms with Gasteiger partial charge in [0.2, 0.25) is 35.4 Å². The number of carbonyl (C=O) groups excluding carboxylic acids is 12. The summed E-state index contributed by atoms with van der Waals surface area (Å²) in [7, 11) is 5.94. The Labute approximate surface area is 745 Å². The van der Waals surface area contributed by atoms with Crippen molar-refractivity contribution in [1.29, 1.82) is 0 Å². The first-order chi connectivity index (χ1) is 59.8. The number of carbonyl (C=O) groups is 13. The summed E-state index contributed by atoms with van der Waals surface area (Å²) in [5.74, 6) is 8.11. The number of benzene rings is 2. The van der Waals surface area contributed by atoms with E-state index < -0.39 is 172 Å². The van der Waals surface area contributed by atoms with Crippen LogP contribution in [0.5, 0.6) is 0 Å². The van der Waals surface area contributed by atoms with Crippen LogP contribution in [0.1, 0.15) is 163 Å². The van der Waals surface area contributed by atoms with E-state index in [1.165, 1.54) is 31.1 Å². The smallest absolute Gasteiger partial charge is 0.0175 e. The predicted molar refractivity (Wildman–Crippen MR) is 457 cm³/mol. The van der Waals surface area contributed by atoms with Gasteiger partial charge in [0.1, 0.15) is 43.4 Å². The number of primary amides is 1. The molecule has 36 heteroatoms. The van der Waals surface area contributed by atoms with Crippen molar-refractivity contribution >= 4 is 83.6 Å². The standard InChI is InChI=1S/C89H133IN13O22/c1-14-57(8)76(70(118-12)51-71(104)103-43-27-35-69(103)77(119-13)58(9)78(105)97-68(83(110)111)50-59-28-20-19-21-29-59)100(10)82(109)74(55(4)5)98-81(108)75(56(6)7)101(11)88(116)124-52-60-36-38-61(39-37-60)95-79(106)67(34-26-40-92-84(91)112)96-80(107)73(54(2)3)99-87(115)121-48-46-120-47-49-122-89(117)102(44-41-93-85(113)123-53-66-62-30-22-15-16-23-31-63(62)66)45-42-94-86(114)125-90-72-64-32-24-17-18-25-33-65(64)72/h19-21,28-29,36-39,54-58,62-70,72-77H,14,22-27,30-35,40-53H2,1-13H3,(H,93,113)(H,94,114)(H,95,106)(H,96,107)(H,97,105)(H,98,108)(H,99,115)(H,110,111)(H3,91,92,112)/q-1/t57-,58+,62-,63+,64-,65+,66?,67-,68-,69-,70+,72?,73-,74-,75-,76-,77+/m0/s1. The molecule has 13 amide bonds. The Hall–Kier alpha value is -9.92. The summed E-state index contributed by atoms with van der Waals surface area (Å²) >= 11 is -0.840. The number of fused-ring (bicyclic) bond motifs is 2. The molecule has 2 aromatic rings. The number of aliphatic carboxylic acids is 1. The van der Waals surface area contributed by atoms with Crippen molar-refractivity contribution in [2.24, 2.45) is 64.9 Å². The molecule has 1 saturated heterocycles. The summed E-state index contributed by atoms with van der Waals surface area (Å²) in [6, 6.07) is 7.35. The summed E-state index contributed by atoms with van der Waals surface area (Å²) in [6.07, 6.45) is 3.87. The Morgan fingerprint density at radius 2 is 1.19 bits per heavy atom. The van der Waals surface area contributed by atoms with Crippen molar-refractivity contribution in [3.63, 3.8) is 0 Å². The Kier molecular flexibility index (Phi) is 42.7. The van der Waals surface area contributed by atoms with Gasteiger partial charge in [-0.25, -0.2) is 19.2 Å². The van der Waals surface area contributed by atoms with Gasteiger partial charge in [-0.2, -0.15) is 0 Å². The summed E-state index contributed by atoms with van der Waals surface area (Å²) in [5, 5.41) is 31.6. The number of hydrogen-bond acceptors (Lipinski definition) is 21. The number of nitrogens with two attached hydrogens (primary N) is 1. The van der Waals surface area contributed by atoms with Crippen LogP contribution in [0.15, 0.2) is 54.6 Å². The summed E-state index contributed by atoms with van der Waals surface area (Å²) in [4.78, 5) is 181. The van der Waals surface area contributed by atoms with Crippen molar-refractivity contribution in [3.8, 4) is 23.7 Å². The molecule has 125 heavy (non-hydrogen) atoms. The molecule has 0 spiro atoms. The van der Waals surface area contributed by atoms with Crippen LogP contribution in [0.3, 0.4) is 0 Å². The largest absolute Gasteiger partial charge is 0.0603 e. The molecule has 4 aliphatic carbocycles. The number of likely N-dealkylation sites (tertiary alicyclic amines) is 1. The van der Waals surface area contributed by atoms with E-state index in [1.54, 1.807) is 109 Å². The van der Waals surface area contributed by atoms with E-state index in [0.29, 0.717) is 71.5 Å². The summed E-state index contributed by atoms with van der Waals surface area (Å²) in [6.45, 7) is 15.8. The maximum atomic E-state index is 14.9. The zero-order chi connectivity index (χ0) is 91.4. The molecule has 2 aromatic carbocycles. The molecule has 2 saturated carbocycles. The third kappa shape index (κ3) is 32.5. The van der Waals surface area contributed by atoms with E-state index in [4.69, 9.17) is 42.0 Å². The fourth-order valence-corrected chi connectivity index (χ4v) is 19.6. The molecule has 1 heterocycles. The molecule has 11 N–H and O–H groups in total. The first-order valence-electron chi connectivity index (χ1n) is 43.7. The number of urea groups is 1. The molecular formula is C89H133IN13O22-. The predicted octanol–water partition coefficient (Wildman–Crippen LogP) is 4.32. The van der Waals surface area contributed by atoms with Crippen LogP contribution in [-0.2, 0) is 82.8 Å². The van der Waals surface area contributed by atoms with Gasteiger partial charge in [0.05, 0.1) is 36.6 Å². The molecular weight excluding hydrogens is 1730 g/mol. The zero-order valence-electron chi connectivity index (χ0n) is 74.6. The van der Waals surface area contributed by atoms with Crippen LogP contribution >= 0.6 is 0 Å². The molecule has 1 aliphatic heterocycles. The molecule has 2 unspecified atom stereocenters. The molecule has 3 fully saturated rings. The minimum atomic E-state index is -1.21. The molecule has 0 radical (unpaired) electrons. The Bertz CT molecular complexity index is 3930. The van der Waals surface area contributed by atoms with Crippen LogP contribution in [0.4, 0.5) is 34.5 Å². The number of anilines is 1. The molecule has 17 atom stereocenters. The van der Waals surface area contributed by atoms with Crippen molar-refractivity contribution in [1.82, 2.24) is 56.8 Å². The molecule has 694 valence electrons. The average Bonchev–Trinajstić information content (AvgIpc) is 1.66. The van der Waals surface area contributed by atoms with Crippen LogP contribution in [0, 0.1) is 82.9 Å². The first-order valence-corrected chi connectivity index (χ1v) is 45.9. The number of hydrogen-bond donors (Lipinski definition) is 10. The number of amides is 13. The van der Waals surface area contributed by atoms with Gasteiger partial charge in [-0.3, -0.25) is 33.7 Å². The SMILES string of the molecule is CC[C@H](C)[C@@H]([C@@H](CC(=O)N1CCC[C@H]1[C@H](OC)[C@@H](C)C(=O)N[C@@H](Cc1ccccc1)C(=O)O)OC)N(C)C(=O)[C@@H](NC(=O)[C@H](C(C)C)N(C)C(=O)OCc1ccc(NC(=O)[C@H](CCCNC(N)=O)NC(=O)[C@@H](NC(=O)OCCOCCOC(=O)N(CCNC(=O)OCC2[C@H]3CCC#CCC[C@@H]23)CCNC(=O)O[I-]C2[C@H]3CCC#CCC[C@@H]23)C(C)C)cc1)C(C)C. The van der Waals surface area contributed by atoms with E-state index in [0.717, 1.165) is 61.8 Å². The number of carboxylic acids is 1. The van der Waals surface area contributed by atoms with Crippen LogP contribution in [0.25, 0.3) is 0 Å². The van der Waals surface area contributed by atoms with E-state index in [1.807, 2.05) is 19.9 Å². The zero-order valence-corrected chi connectivity index (χ0v) is 76.8. The molecule has 7 rings (SSSR count). The number of rotatable bonds is 49. The van der Waals surface area contributed by atoms with Crippen molar-refractivity contribution in [2.45, 2.75) is 224 Å². The minimum absolute atomic E-state index is 0.0112. The number of alkyl carbamates (subject to hydrolysis) is 2. The fourth-order valence-electron chi connectivity index (χ4n) is 16.6. The topological polar surface area (TPSA) is 451 Å². The van der Waals surface area contributed by atoms with Gasteiger partial charge in [0, 0.05) is 66.4 Å². The van der Waals surface area contributed by atoms with E-state index in [-0.39, 0.29) is 109 Å². The Balaban J connectivity index is 0.858. The average molecular weight is 1860 g/mol. The van der Waals surface area contributed by atoms with E-state index >= 15 is 0 Å². The number of likely N-dealkylation sites (N-methyl/N-ethyl adjacent to an activating group) is 2. The van der Waals surface area contributed by atoms with Gasteiger partial charge < -0.3 is 71.5 Å². The maximum absolute atomic E-state index is 14.9. The maximum Gasteiger partial charge on any atom is -0.0175 e. The van der Waals surface area contributed by atoms with Gasteiger partial charge >= 0.3 is 217 Å². The van der Waals surface area contributed by atoms with Gasteiger partial charge in [-0.15, -0.1) is 11.8 Å². The fraction of sp³-hybridized carbons (Fsp3) is 0.674. The number of halogens is 1. The molecule has 0 aromatic heterocycles. The first kappa shape index (κ1) is 102. The van der Waals surface area contributed by atoms with Gasteiger partial charge in [0.15, 0.2) is 0 Å². The molecule has 35 nitrogen and oxygen atoms in total. The van der Waals surface area contributed by atoms with E-state index in [9.17, 15) is 67.4 Å². The number of nitrogens with one attached hydrogen (secondary N) is 8. The van der Waals surface area contributed by atoms with Crippen LogP contribution in [-0.4, -0.2) is 262 Å². The third-order valence-electron chi connectivity index (χ3n) is 23.9. The van der Waals surface area contributed by atoms with Crippen LogP contribution < -0.4 is 69.9 Å². The number of carboxylic acid groups (broad SMARTS) is 1. The van der Waals surface area contributed by atoms with Crippen molar-refractivity contribution in [2.75, 3.05) is 106 Å².